The Kier molecular flexibility index (Phi) is 3.19. The summed E-state index contributed by atoms with van der Waals surface area (Å²) in [6.07, 6.45) is 0. The van der Waals surface area contributed by atoms with Gasteiger partial charge in [-0.05, 0) is 32.4 Å². The molecule has 0 aliphatic carbocycles. The van der Waals surface area contributed by atoms with Crippen molar-refractivity contribution >= 4 is 22.7 Å². The lowest BCUT2D eigenvalue weighted by Gasteiger charge is -2.01. The summed E-state index contributed by atoms with van der Waals surface area (Å²) in [5.41, 5.74) is 3.42. The average Bonchev–Trinajstić information content (AvgIpc) is 2.64. The van der Waals surface area contributed by atoms with Gasteiger partial charge >= 0.3 is 5.97 Å². The van der Waals surface area contributed by atoms with Gasteiger partial charge in [0.2, 0.25) is 0 Å². The number of aromatic amines is 1. The van der Waals surface area contributed by atoms with Gasteiger partial charge < -0.3 is 9.72 Å². The number of Topliss-reactive ketones (excluding diaryl/α,β-unsaturated/α-hetero) is 1. The predicted molar refractivity (Wildman–Crippen MR) is 68.7 cm³/mol. The third kappa shape index (κ3) is 2.01. The topological polar surface area (TPSA) is 59.2 Å². The van der Waals surface area contributed by atoms with Gasteiger partial charge in [0.05, 0.1) is 6.61 Å². The molecule has 0 atom stereocenters. The fourth-order valence-electron chi connectivity index (χ4n) is 1.93. The first kappa shape index (κ1) is 12.4. The molecule has 2 rings (SSSR count). The molecule has 0 unspecified atom stereocenters. The van der Waals surface area contributed by atoms with Gasteiger partial charge in [-0.25, -0.2) is 4.79 Å². The molecule has 0 saturated heterocycles. The van der Waals surface area contributed by atoms with Crippen LogP contribution in [0.1, 0.15) is 28.5 Å². The fourth-order valence-corrected chi connectivity index (χ4v) is 1.93. The van der Waals surface area contributed by atoms with Crippen LogP contribution in [0.15, 0.2) is 18.2 Å². The lowest BCUT2D eigenvalue weighted by atomic mass is 10.1. The Morgan fingerprint density at radius 3 is 2.67 bits per heavy atom. The number of carbonyl (C=O) groups excluding carboxylic acids is 2. The van der Waals surface area contributed by atoms with Gasteiger partial charge in [-0.3, -0.25) is 4.79 Å². The number of aromatic nitrogens is 1. The van der Waals surface area contributed by atoms with E-state index in [1.165, 1.54) is 0 Å². The van der Waals surface area contributed by atoms with Crippen LogP contribution >= 0.6 is 0 Å². The highest BCUT2D eigenvalue weighted by Crippen LogP contribution is 2.22. The Balaban J connectivity index is 2.41. The first-order valence-corrected chi connectivity index (χ1v) is 5.85. The van der Waals surface area contributed by atoms with E-state index in [0.29, 0.717) is 5.56 Å². The van der Waals surface area contributed by atoms with Crippen molar-refractivity contribution in [2.24, 2.45) is 0 Å². The maximum atomic E-state index is 11.8. The Labute approximate surface area is 105 Å². The van der Waals surface area contributed by atoms with Crippen molar-refractivity contribution in [2.45, 2.75) is 20.8 Å². The number of ketones is 1. The van der Waals surface area contributed by atoms with Gasteiger partial charge in [0.1, 0.15) is 0 Å². The number of nitrogens with one attached hydrogen (secondary N) is 1. The minimum atomic E-state index is -0.808. The predicted octanol–water partition coefficient (Wildman–Crippen LogP) is 2.53. The minimum absolute atomic E-state index is 0.202. The fraction of sp³-hybridized carbons (Fsp3) is 0.286. The highest BCUT2D eigenvalue weighted by atomic mass is 16.5. The monoisotopic (exact) mass is 245 g/mol. The molecular weight excluding hydrogens is 230 g/mol. The van der Waals surface area contributed by atoms with Crippen LogP contribution in [-0.2, 0) is 9.53 Å². The molecule has 1 N–H and O–H groups in total. The van der Waals surface area contributed by atoms with E-state index in [4.69, 9.17) is 4.74 Å². The van der Waals surface area contributed by atoms with Crippen LogP contribution in [0.3, 0.4) is 0 Å². The number of rotatable bonds is 3. The number of benzene rings is 1. The average molecular weight is 245 g/mol. The second-order valence-electron chi connectivity index (χ2n) is 4.18. The molecule has 0 aliphatic rings. The van der Waals surface area contributed by atoms with Crippen molar-refractivity contribution in [1.82, 2.24) is 4.98 Å². The number of fused-ring (bicyclic) bond motifs is 1. The molecule has 0 saturated carbocycles. The van der Waals surface area contributed by atoms with Crippen LogP contribution in [0.5, 0.6) is 0 Å². The number of ether oxygens (including phenoxy) is 1. The summed E-state index contributed by atoms with van der Waals surface area (Å²) >= 11 is 0. The SMILES string of the molecule is CCOC(=O)C(=O)c1ccc2c(C)c(C)[nH]c2c1. The number of esters is 1. The van der Waals surface area contributed by atoms with Crippen LogP contribution in [0.4, 0.5) is 0 Å². The number of aryl methyl sites for hydroxylation is 2. The van der Waals surface area contributed by atoms with E-state index >= 15 is 0 Å². The first-order chi connectivity index (χ1) is 8.54. The molecule has 1 aromatic carbocycles. The molecule has 0 spiro atoms. The Morgan fingerprint density at radius 1 is 1.28 bits per heavy atom. The van der Waals surface area contributed by atoms with Crippen LogP contribution < -0.4 is 0 Å². The van der Waals surface area contributed by atoms with Crippen molar-refractivity contribution in [2.75, 3.05) is 6.61 Å². The van der Waals surface area contributed by atoms with Gasteiger partial charge in [-0.15, -0.1) is 0 Å². The van der Waals surface area contributed by atoms with Crippen molar-refractivity contribution in [3.63, 3.8) is 0 Å². The molecule has 0 aliphatic heterocycles. The summed E-state index contributed by atoms with van der Waals surface area (Å²) in [6, 6.07) is 5.19. The van der Waals surface area contributed by atoms with Crippen molar-refractivity contribution in [1.29, 1.82) is 0 Å². The molecular formula is C14H15NO3. The summed E-state index contributed by atoms with van der Waals surface area (Å²) < 4.78 is 4.70. The zero-order valence-corrected chi connectivity index (χ0v) is 10.7. The van der Waals surface area contributed by atoms with E-state index in [1.54, 1.807) is 19.1 Å². The summed E-state index contributed by atoms with van der Waals surface area (Å²) in [6.45, 7) is 5.86. The van der Waals surface area contributed by atoms with E-state index in [-0.39, 0.29) is 6.61 Å². The second-order valence-corrected chi connectivity index (χ2v) is 4.18. The Morgan fingerprint density at radius 2 is 2.00 bits per heavy atom. The normalized spacial score (nSPS) is 10.6. The minimum Gasteiger partial charge on any atom is -0.460 e. The summed E-state index contributed by atoms with van der Waals surface area (Å²) in [5.74, 6) is -1.42. The lowest BCUT2D eigenvalue weighted by molar-refractivity contribution is -0.137. The number of H-pyrrole nitrogens is 1. The summed E-state index contributed by atoms with van der Waals surface area (Å²) in [4.78, 5) is 26.3. The molecule has 2 aromatic rings. The largest absolute Gasteiger partial charge is 0.460 e. The molecule has 0 radical (unpaired) electrons. The molecule has 0 bridgehead atoms. The van der Waals surface area contributed by atoms with Crippen LogP contribution in [-0.4, -0.2) is 23.3 Å². The summed E-state index contributed by atoms with van der Waals surface area (Å²) in [7, 11) is 0. The maximum absolute atomic E-state index is 11.8. The van der Waals surface area contributed by atoms with Gasteiger partial charge in [-0.1, -0.05) is 12.1 Å². The van der Waals surface area contributed by atoms with E-state index in [9.17, 15) is 9.59 Å². The summed E-state index contributed by atoms with van der Waals surface area (Å²) in [5, 5.41) is 1.06. The van der Waals surface area contributed by atoms with E-state index in [2.05, 4.69) is 4.98 Å². The van der Waals surface area contributed by atoms with Gasteiger partial charge in [0.25, 0.3) is 5.78 Å². The molecule has 4 heteroatoms. The quantitative estimate of drug-likeness (QED) is 0.513. The van der Waals surface area contributed by atoms with E-state index < -0.39 is 11.8 Å². The number of hydrogen-bond donors (Lipinski definition) is 1. The smallest absolute Gasteiger partial charge is 0.379 e. The zero-order valence-electron chi connectivity index (χ0n) is 10.7. The van der Waals surface area contributed by atoms with E-state index in [0.717, 1.165) is 22.2 Å². The van der Waals surface area contributed by atoms with Crippen molar-refractivity contribution in [3.8, 4) is 0 Å². The number of hydrogen-bond acceptors (Lipinski definition) is 3. The van der Waals surface area contributed by atoms with Crippen molar-refractivity contribution in [3.05, 3.63) is 35.0 Å². The molecule has 0 amide bonds. The Hall–Kier alpha value is -2.10. The van der Waals surface area contributed by atoms with Gasteiger partial charge in [-0.2, -0.15) is 0 Å². The molecule has 1 aromatic heterocycles. The Bertz CT molecular complexity index is 625. The maximum Gasteiger partial charge on any atom is 0.379 e. The van der Waals surface area contributed by atoms with Crippen LogP contribution in [0, 0.1) is 13.8 Å². The molecule has 1 heterocycles. The lowest BCUT2D eigenvalue weighted by Crippen LogP contribution is -2.17. The number of carbonyl (C=O) groups is 2. The van der Waals surface area contributed by atoms with Gasteiger partial charge in [0.15, 0.2) is 0 Å². The highest BCUT2D eigenvalue weighted by molar-refractivity contribution is 6.40. The standard InChI is InChI=1S/C14H15NO3/c1-4-18-14(17)13(16)10-5-6-11-8(2)9(3)15-12(11)7-10/h5-7,15H,4H2,1-3H3. The zero-order chi connectivity index (χ0) is 13.3. The van der Waals surface area contributed by atoms with E-state index in [1.807, 2.05) is 19.9 Å². The first-order valence-electron chi connectivity index (χ1n) is 5.85. The van der Waals surface area contributed by atoms with Crippen molar-refractivity contribution < 1.29 is 14.3 Å². The third-order valence-electron chi connectivity index (χ3n) is 3.03. The van der Waals surface area contributed by atoms with Gasteiger partial charge in [0, 0.05) is 22.2 Å². The molecule has 4 nitrogen and oxygen atoms in total. The van der Waals surface area contributed by atoms with Crippen LogP contribution in [0.2, 0.25) is 0 Å². The molecule has 94 valence electrons. The molecule has 18 heavy (non-hydrogen) atoms. The van der Waals surface area contributed by atoms with Crippen LogP contribution in [0.25, 0.3) is 10.9 Å². The second kappa shape index (κ2) is 4.64. The third-order valence-corrected chi connectivity index (χ3v) is 3.03. The molecule has 0 fully saturated rings. The highest BCUT2D eigenvalue weighted by Gasteiger charge is 2.18.